The Bertz CT molecular complexity index is 625. The summed E-state index contributed by atoms with van der Waals surface area (Å²) in [5, 5.41) is 21.3. The van der Waals surface area contributed by atoms with E-state index in [1.165, 1.54) is 57.1 Å². The van der Waals surface area contributed by atoms with E-state index in [1.807, 2.05) is 0 Å². The van der Waals surface area contributed by atoms with Crippen molar-refractivity contribution in [2.24, 2.45) is 0 Å². The Balaban J connectivity index is 2.09. The fourth-order valence-corrected chi connectivity index (χ4v) is 3.34. The molecule has 168 valence electrons. The van der Waals surface area contributed by atoms with Crippen molar-refractivity contribution in [1.82, 2.24) is 5.32 Å². The molecule has 0 aromatic heterocycles. The monoisotopic (exact) mass is 417 g/mol. The topological polar surface area (TPSA) is 86.6 Å². The Morgan fingerprint density at radius 2 is 1.47 bits per heavy atom. The van der Waals surface area contributed by atoms with Crippen LogP contribution in [0, 0.1) is 0 Å². The number of aliphatic carboxylic acids is 1. The minimum absolute atomic E-state index is 0.132. The molecule has 0 aliphatic carbocycles. The van der Waals surface area contributed by atoms with Crippen molar-refractivity contribution in [2.75, 3.05) is 0 Å². The number of amides is 1. The number of carbonyl (C=O) groups is 2. The van der Waals surface area contributed by atoms with E-state index in [2.05, 4.69) is 24.4 Å². The van der Waals surface area contributed by atoms with Crippen molar-refractivity contribution in [1.29, 1.82) is 0 Å². The highest BCUT2D eigenvalue weighted by Gasteiger charge is 2.20. The molecule has 0 aliphatic rings. The largest absolute Gasteiger partial charge is 0.508 e. The third-order valence-electron chi connectivity index (χ3n) is 5.18. The molecule has 0 fully saturated rings. The summed E-state index contributed by atoms with van der Waals surface area (Å²) in [6, 6.07) is 5.41. The van der Waals surface area contributed by atoms with Crippen LogP contribution in [0.3, 0.4) is 0 Å². The number of nitrogens with one attached hydrogen (secondary N) is 1. The first-order valence-electron chi connectivity index (χ1n) is 11.5. The predicted octanol–water partition coefficient (Wildman–Crippen LogP) is 5.76. The van der Waals surface area contributed by atoms with Crippen LogP contribution in [0.2, 0.25) is 0 Å². The second kappa shape index (κ2) is 16.5. The van der Waals surface area contributed by atoms with Crippen LogP contribution in [-0.4, -0.2) is 28.1 Å². The molecular weight excluding hydrogens is 378 g/mol. The number of aromatic hydroxyl groups is 1. The first-order chi connectivity index (χ1) is 14.5. The molecule has 1 aromatic rings. The molecule has 0 aliphatic heterocycles. The number of hydrogen-bond acceptors (Lipinski definition) is 3. The zero-order valence-corrected chi connectivity index (χ0v) is 18.4. The number of phenols is 1. The molecule has 0 bridgehead atoms. The van der Waals surface area contributed by atoms with Crippen LogP contribution < -0.4 is 5.32 Å². The Kier molecular flexibility index (Phi) is 14.1. The van der Waals surface area contributed by atoms with E-state index in [0.29, 0.717) is 6.42 Å². The number of benzene rings is 1. The van der Waals surface area contributed by atoms with Gasteiger partial charge in [0.25, 0.3) is 0 Å². The van der Waals surface area contributed by atoms with Crippen molar-refractivity contribution in [3.8, 4) is 5.75 Å². The summed E-state index contributed by atoms with van der Waals surface area (Å²) < 4.78 is 0. The van der Waals surface area contributed by atoms with Crippen LogP contribution in [-0.2, 0) is 16.0 Å². The Hall–Kier alpha value is -2.30. The standard InChI is InChI=1S/C25H39NO4/c1-2-3-4-5-6-7-8-9-10-11-12-13-14-15-24(28)26-23(25(29)30)20-21-16-18-22(27)19-17-21/h7-8,16-19,23,27H,2-6,9-15,20H2,1H3,(H,26,28)(H,29,30). The van der Waals surface area contributed by atoms with Gasteiger partial charge in [-0.15, -0.1) is 0 Å². The number of unbranched alkanes of at least 4 members (excludes halogenated alkanes) is 9. The number of carboxylic acids is 1. The number of hydrogen-bond donors (Lipinski definition) is 3. The highest BCUT2D eigenvalue weighted by atomic mass is 16.4. The van der Waals surface area contributed by atoms with Crippen molar-refractivity contribution >= 4 is 11.9 Å². The zero-order chi connectivity index (χ0) is 22.0. The van der Waals surface area contributed by atoms with Gasteiger partial charge in [-0.25, -0.2) is 4.79 Å². The Morgan fingerprint density at radius 3 is 2.07 bits per heavy atom. The second-order valence-electron chi connectivity index (χ2n) is 7.96. The van der Waals surface area contributed by atoms with E-state index < -0.39 is 12.0 Å². The summed E-state index contributed by atoms with van der Waals surface area (Å²) in [5.41, 5.74) is 0.760. The van der Waals surface area contributed by atoms with Gasteiger partial charge in [-0.2, -0.15) is 0 Å². The third-order valence-corrected chi connectivity index (χ3v) is 5.18. The fourth-order valence-electron chi connectivity index (χ4n) is 3.34. The summed E-state index contributed by atoms with van der Waals surface area (Å²) in [6.45, 7) is 2.23. The average Bonchev–Trinajstić information content (AvgIpc) is 2.72. The van der Waals surface area contributed by atoms with E-state index in [0.717, 1.165) is 31.2 Å². The molecule has 1 unspecified atom stereocenters. The maximum absolute atomic E-state index is 12.1. The summed E-state index contributed by atoms with van der Waals surface area (Å²) in [5.74, 6) is -1.13. The molecule has 1 aromatic carbocycles. The van der Waals surface area contributed by atoms with Gasteiger partial charge in [0.05, 0.1) is 0 Å². The molecule has 0 heterocycles. The quantitative estimate of drug-likeness (QED) is 0.222. The minimum Gasteiger partial charge on any atom is -0.508 e. The fraction of sp³-hybridized carbons (Fsp3) is 0.600. The number of rotatable bonds is 17. The van der Waals surface area contributed by atoms with Gasteiger partial charge >= 0.3 is 5.97 Å². The second-order valence-corrected chi connectivity index (χ2v) is 7.96. The maximum atomic E-state index is 12.1. The van der Waals surface area contributed by atoms with E-state index in [-0.39, 0.29) is 18.1 Å². The maximum Gasteiger partial charge on any atom is 0.326 e. The summed E-state index contributed by atoms with van der Waals surface area (Å²) >= 11 is 0. The van der Waals surface area contributed by atoms with Crippen molar-refractivity contribution in [3.05, 3.63) is 42.0 Å². The molecule has 0 saturated heterocycles. The average molecular weight is 418 g/mol. The molecule has 3 N–H and O–H groups in total. The summed E-state index contributed by atoms with van der Waals surface area (Å²) in [4.78, 5) is 23.5. The lowest BCUT2D eigenvalue weighted by Crippen LogP contribution is -2.42. The number of carboxylic acid groups (broad SMARTS) is 1. The van der Waals surface area contributed by atoms with Gasteiger partial charge in [0.2, 0.25) is 5.91 Å². The molecule has 1 atom stereocenters. The molecule has 30 heavy (non-hydrogen) atoms. The highest BCUT2D eigenvalue weighted by molar-refractivity contribution is 5.83. The van der Waals surface area contributed by atoms with Gasteiger partial charge in [-0.1, -0.05) is 69.7 Å². The summed E-state index contributed by atoms with van der Waals surface area (Å²) in [6.07, 6.45) is 18.0. The third kappa shape index (κ3) is 13.0. The minimum atomic E-state index is -1.05. The van der Waals surface area contributed by atoms with Crippen LogP contribution in [0.5, 0.6) is 5.75 Å². The molecular formula is C25H39NO4. The highest BCUT2D eigenvalue weighted by Crippen LogP contribution is 2.12. The lowest BCUT2D eigenvalue weighted by atomic mass is 10.0. The Morgan fingerprint density at radius 1 is 0.900 bits per heavy atom. The van der Waals surface area contributed by atoms with Crippen LogP contribution >= 0.6 is 0 Å². The molecule has 0 spiro atoms. The van der Waals surface area contributed by atoms with Crippen molar-refractivity contribution in [3.63, 3.8) is 0 Å². The van der Waals surface area contributed by atoms with Gasteiger partial charge in [0, 0.05) is 12.8 Å². The summed E-state index contributed by atoms with van der Waals surface area (Å²) in [7, 11) is 0. The molecule has 5 nitrogen and oxygen atoms in total. The first kappa shape index (κ1) is 25.7. The zero-order valence-electron chi connectivity index (χ0n) is 18.4. The first-order valence-corrected chi connectivity index (χ1v) is 11.5. The normalized spacial score (nSPS) is 12.2. The van der Waals surface area contributed by atoms with Crippen LogP contribution in [0.15, 0.2) is 36.4 Å². The predicted molar refractivity (Wildman–Crippen MR) is 122 cm³/mol. The van der Waals surface area contributed by atoms with Gasteiger partial charge in [-0.05, 0) is 49.8 Å². The van der Waals surface area contributed by atoms with Crippen LogP contribution in [0.25, 0.3) is 0 Å². The van der Waals surface area contributed by atoms with E-state index >= 15 is 0 Å². The van der Waals surface area contributed by atoms with Gasteiger partial charge < -0.3 is 15.5 Å². The van der Waals surface area contributed by atoms with E-state index in [9.17, 15) is 19.8 Å². The molecule has 5 heteroatoms. The van der Waals surface area contributed by atoms with Crippen LogP contribution in [0.1, 0.15) is 89.5 Å². The van der Waals surface area contributed by atoms with Gasteiger partial charge in [-0.3, -0.25) is 4.79 Å². The molecule has 1 amide bonds. The van der Waals surface area contributed by atoms with Gasteiger partial charge in [0.1, 0.15) is 11.8 Å². The lowest BCUT2D eigenvalue weighted by molar-refractivity contribution is -0.141. The molecule has 1 rings (SSSR count). The van der Waals surface area contributed by atoms with Crippen LogP contribution in [0.4, 0.5) is 0 Å². The number of carbonyl (C=O) groups excluding carboxylic acids is 1. The van der Waals surface area contributed by atoms with Crippen molar-refractivity contribution < 1.29 is 19.8 Å². The molecule has 0 saturated carbocycles. The van der Waals surface area contributed by atoms with E-state index in [1.54, 1.807) is 12.1 Å². The number of phenolic OH excluding ortho intramolecular Hbond substituents is 1. The van der Waals surface area contributed by atoms with Gasteiger partial charge in [0.15, 0.2) is 0 Å². The SMILES string of the molecule is CCCCCCC=CCCCCCCCC(=O)NC(Cc1ccc(O)cc1)C(=O)O. The van der Waals surface area contributed by atoms with Crippen molar-refractivity contribution in [2.45, 2.75) is 96.4 Å². The van der Waals surface area contributed by atoms with E-state index in [4.69, 9.17) is 0 Å². The number of allylic oxidation sites excluding steroid dienone is 2. The Labute approximate surface area is 181 Å². The lowest BCUT2D eigenvalue weighted by Gasteiger charge is -2.14. The molecule has 0 radical (unpaired) electrons. The smallest absolute Gasteiger partial charge is 0.326 e.